The number of rotatable bonds is 8. The Morgan fingerprint density at radius 3 is 2.21 bits per heavy atom. The summed E-state index contributed by atoms with van der Waals surface area (Å²) in [5, 5.41) is 9.19. The lowest BCUT2D eigenvalue weighted by molar-refractivity contribution is -0.144. The molecule has 0 amide bonds. The summed E-state index contributed by atoms with van der Waals surface area (Å²) in [6, 6.07) is 0. The molecule has 2 nitrogen and oxygen atoms in total. The van der Waals surface area contributed by atoms with Gasteiger partial charge in [0.25, 0.3) is 0 Å². The Labute approximate surface area is 145 Å². The molecule has 0 heterocycles. The number of carboxylic acid groups (broad SMARTS) is 1. The fourth-order valence-corrected chi connectivity index (χ4v) is 5.27. The minimum atomic E-state index is -2.27. The Morgan fingerprint density at radius 2 is 1.71 bits per heavy atom. The lowest BCUT2D eigenvalue weighted by atomic mass is 9.57. The van der Waals surface area contributed by atoms with Crippen LogP contribution in [0.15, 0.2) is 0 Å². The van der Waals surface area contributed by atoms with Gasteiger partial charge in [0.2, 0.25) is 6.43 Å². The van der Waals surface area contributed by atoms with Gasteiger partial charge < -0.3 is 5.11 Å². The van der Waals surface area contributed by atoms with Crippen molar-refractivity contribution in [2.45, 2.75) is 96.8 Å². The van der Waals surface area contributed by atoms with E-state index in [0.717, 1.165) is 18.8 Å². The molecule has 0 aromatic carbocycles. The van der Waals surface area contributed by atoms with Crippen LogP contribution in [-0.2, 0) is 4.79 Å². The standard InChI is InChI=1S/C20H34F2O2/c1-2-3-4-5-15-6-8-17(9-7-15)20(14-18(21)22)12-10-16(11-13-20)19(23)24/h15-18H,2-14H2,1H3,(H,23,24). The summed E-state index contributed by atoms with van der Waals surface area (Å²) >= 11 is 0. The van der Waals surface area contributed by atoms with Crippen molar-refractivity contribution in [2.75, 3.05) is 0 Å². The normalized spacial score (nSPS) is 34.4. The lowest BCUT2D eigenvalue weighted by Crippen LogP contribution is -2.40. The maximum atomic E-state index is 13.2. The molecular weight excluding hydrogens is 310 g/mol. The number of hydrogen-bond acceptors (Lipinski definition) is 1. The minimum absolute atomic E-state index is 0.0233. The number of hydrogen-bond donors (Lipinski definition) is 1. The molecule has 0 bridgehead atoms. The Kier molecular flexibility index (Phi) is 7.49. The summed E-state index contributed by atoms with van der Waals surface area (Å²) in [4.78, 5) is 11.2. The average molecular weight is 344 g/mol. The third-order valence-corrected chi connectivity index (χ3v) is 6.82. The maximum Gasteiger partial charge on any atom is 0.306 e. The monoisotopic (exact) mass is 344 g/mol. The maximum absolute atomic E-state index is 13.2. The predicted octanol–water partition coefficient (Wildman–Crippen LogP) is 6.29. The van der Waals surface area contributed by atoms with Crippen molar-refractivity contribution >= 4 is 5.97 Å². The smallest absolute Gasteiger partial charge is 0.306 e. The number of carbonyl (C=O) groups is 1. The predicted molar refractivity (Wildman–Crippen MR) is 92.2 cm³/mol. The summed E-state index contributed by atoms with van der Waals surface area (Å²) < 4.78 is 26.5. The molecule has 2 fully saturated rings. The van der Waals surface area contributed by atoms with E-state index in [0.29, 0.717) is 31.6 Å². The number of alkyl halides is 2. The topological polar surface area (TPSA) is 37.3 Å². The van der Waals surface area contributed by atoms with Gasteiger partial charge in [-0.25, -0.2) is 8.78 Å². The van der Waals surface area contributed by atoms with Gasteiger partial charge in [-0.3, -0.25) is 4.79 Å². The number of halogens is 2. The van der Waals surface area contributed by atoms with E-state index in [9.17, 15) is 18.7 Å². The first kappa shape index (κ1) is 19.7. The summed E-state index contributed by atoms with van der Waals surface area (Å²) in [5.41, 5.74) is -0.297. The minimum Gasteiger partial charge on any atom is -0.481 e. The van der Waals surface area contributed by atoms with Gasteiger partial charge in [-0.15, -0.1) is 0 Å². The first-order valence-corrected chi connectivity index (χ1v) is 9.98. The van der Waals surface area contributed by atoms with E-state index < -0.39 is 12.4 Å². The molecule has 0 spiro atoms. The van der Waals surface area contributed by atoms with E-state index in [1.807, 2.05) is 0 Å². The van der Waals surface area contributed by atoms with Crippen molar-refractivity contribution in [3.05, 3.63) is 0 Å². The van der Waals surface area contributed by atoms with Crippen molar-refractivity contribution in [1.29, 1.82) is 0 Å². The highest BCUT2D eigenvalue weighted by Crippen LogP contribution is 2.53. The molecule has 0 aromatic rings. The molecule has 4 heteroatoms. The van der Waals surface area contributed by atoms with Gasteiger partial charge in [0.15, 0.2) is 0 Å². The van der Waals surface area contributed by atoms with Crippen LogP contribution in [-0.4, -0.2) is 17.5 Å². The van der Waals surface area contributed by atoms with Gasteiger partial charge in [0.05, 0.1) is 5.92 Å². The number of unbranched alkanes of at least 4 members (excludes halogenated alkanes) is 2. The van der Waals surface area contributed by atoms with Crippen LogP contribution in [0, 0.1) is 23.2 Å². The second kappa shape index (κ2) is 9.15. The van der Waals surface area contributed by atoms with Gasteiger partial charge >= 0.3 is 5.97 Å². The quantitative estimate of drug-likeness (QED) is 0.525. The van der Waals surface area contributed by atoms with Crippen LogP contribution < -0.4 is 0 Å². The molecule has 0 aromatic heterocycles. The average Bonchev–Trinajstić information content (AvgIpc) is 2.55. The first-order valence-electron chi connectivity index (χ1n) is 9.98. The highest BCUT2D eigenvalue weighted by Gasteiger charge is 2.45. The number of aliphatic carboxylic acids is 1. The zero-order chi connectivity index (χ0) is 17.6. The summed E-state index contributed by atoms with van der Waals surface area (Å²) in [6.07, 6.45) is 9.88. The van der Waals surface area contributed by atoms with Crippen LogP contribution in [0.2, 0.25) is 0 Å². The molecule has 2 aliphatic carbocycles. The second-order valence-electron chi connectivity index (χ2n) is 8.28. The Hall–Kier alpha value is -0.670. The fourth-order valence-electron chi connectivity index (χ4n) is 5.27. The SMILES string of the molecule is CCCCCC1CCC(C2(CC(F)F)CCC(C(=O)O)CC2)CC1. The second-order valence-corrected chi connectivity index (χ2v) is 8.28. The molecule has 0 radical (unpaired) electrons. The Morgan fingerprint density at radius 1 is 1.08 bits per heavy atom. The van der Waals surface area contributed by atoms with Crippen LogP contribution in [0.1, 0.15) is 90.4 Å². The van der Waals surface area contributed by atoms with Crippen LogP contribution in [0.25, 0.3) is 0 Å². The highest BCUT2D eigenvalue weighted by atomic mass is 19.3. The summed E-state index contributed by atoms with van der Waals surface area (Å²) in [7, 11) is 0. The van der Waals surface area contributed by atoms with Crippen molar-refractivity contribution in [3.8, 4) is 0 Å². The Balaban J connectivity index is 1.91. The van der Waals surface area contributed by atoms with Gasteiger partial charge in [0.1, 0.15) is 0 Å². The highest BCUT2D eigenvalue weighted by molar-refractivity contribution is 5.70. The van der Waals surface area contributed by atoms with E-state index in [2.05, 4.69) is 6.92 Å². The zero-order valence-electron chi connectivity index (χ0n) is 15.1. The summed E-state index contributed by atoms with van der Waals surface area (Å²) in [5.74, 6) is 0.0943. The molecule has 0 atom stereocenters. The molecule has 0 saturated heterocycles. The lowest BCUT2D eigenvalue weighted by Gasteiger charge is -2.47. The van der Waals surface area contributed by atoms with Crippen LogP contribution in [0.4, 0.5) is 8.78 Å². The van der Waals surface area contributed by atoms with E-state index >= 15 is 0 Å². The third kappa shape index (κ3) is 5.16. The van der Waals surface area contributed by atoms with Crippen LogP contribution in [0.5, 0.6) is 0 Å². The molecule has 140 valence electrons. The fraction of sp³-hybridized carbons (Fsp3) is 0.950. The zero-order valence-corrected chi connectivity index (χ0v) is 15.1. The van der Waals surface area contributed by atoms with E-state index in [1.165, 1.54) is 38.5 Å². The summed E-state index contributed by atoms with van der Waals surface area (Å²) in [6.45, 7) is 2.22. The van der Waals surface area contributed by atoms with Crippen LogP contribution in [0.3, 0.4) is 0 Å². The Bertz CT molecular complexity index is 381. The van der Waals surface area contributed by atoms with Gasteiger partial charge in [0, 0.05) is 6.42 Å². The van der Waals surface area contributed by atoms with E-state index in [-0.39, 0.29) is 17.8 Å². The molecule has 0 unspecified atom stereocenters. The molecule has 0 aliphatic heterocycles. The van der Waals surface area contributed by atoms with Gasteiger partial charge in [-0.05, 0) is 55.8 Å². The van der Waals surface area contributed by atoms with Crippen molar-refractivity contribution < 1.29 is 18.7 Å². The van der Waals surface area contributed by atoms with Crippen molar-refractivity contribution in [1.82, 2.24) is 0 Å². The third-order valence-electron chi connectivity index (χ3n) is 6.82. The molecule has 2 aliphatic rings. The van der Waals surface area contributed by atoms with Crippen molar-refractivity contribution in [2.24, 2.45) is 23.2 Å². The van der Waals surface area contributed by atoms with E-state index in [4.69, 9.17) is 0 Å². The van der Waals surface area contributed by atoms with Gasteiger partial charge in [-0.2, -0.15) is 0 Å². The first-order chi connectivity index (χ1) is 11.5. The largest absolute Gasteiger partial charge is 0.481 e. The molecule has 2 saturated carbocycles. The van der Waals surface area contributed by atoms with Crippen molar-refractivity contribution in [3.63, 3.8) is 0 Å². The molecule has 24 heavy (non-hydrogen) atoms. The molecular formula is C20H34F2O2. The van der Waals surface area contributed by atoms with E-state index in [1.54, 1.807) is 0 Å². The number of carboxylic acids is 1. The van der Waals surface area contributed by atoms with Gasteiger partial charge in [-0.1, -0.05) is 45.4 Å². The molecule has 2 rings (SSSR count). The molecule has 1 N–H and O–H groups in total. The van der Waals surface area contributed by atoms with Crippen LogP contribution >= 0.6 is 0 Å².